The second-order valence-corrected chi connectivity index (χ2v) is 5.13. The number of benzene rings is 2. The summed E-state index contributed by atoms with van der Waals surface area (Å²) in [6, 6.07) is 16.2. The van der Waals surface area contributed by atoms with E-state index in [1.807, 2.05) is 43.4 Å². The number of aliphatic hydroxyl groups is 1. The molecule has 3 heteroatoms. The van der Waals surface area contributed by atoms with Crippen LogP contribution in [0.2, 0.25) is 0 Å². The summed E-state index contributed by atoms with van der Waals surface area (Å²) in [6.45, 7) is 1.76. The molecule has 2 rings (SSSR count). The molecule has 18 heavy (non-hydrogen) atoms. The van der Waals surface area contributed by atoms with Crippen molar-refractivity contribution in [3.63, 3.8) is 0 Å². The van der Waals surface area contributed by atoms with Crippen molar-refractivity contribution in [3.8, 4) is 0 Å². The van der Waals surface area contributed by atoms with Gasteiger partial charge in [0, 0.05) is 22.9 Å². The molecule has 0 saturated heterocycles. The average Bonchev–Trinajstić information content (AvgIpc) is 2.38. The molecule has 0 amide bonds. The van der Waals surface area contributed by atoms with Crippen LogP contribution in [0.3, 0.4) is 0 Å². The van der Waals surface area contributed by atoms with Gasteiger partial charge in [0.25, 0.3) is 0 Å². The van der Waals surface area contributed by atoms with E-state index in [0.29, 0.717) is 0 Å². The van der Waals surface area contributed by atoms with E-state index in [1.54, 1.807) is 6.92 Å². The minimum absolute atomic E-state index is 0.463. The van der Waals surface area contributed by atoms with Crippen molar-refractivity contribution in [1.29, 1.82) is 0 Å². The Hall–Kier alpha value is -1.32. The van der Waals surface area contributed by atoms with E-state index in [0.717, 1.165) is 21.4 Å². The summed E-state index contributed by atoms with van der Waals surface area (Å²) in [5.74, 6) is 0. The summed E-state index contributed by atoms with van der Waals surface area (Å²) in [4.78, 5) is 2.11. The summed E-state index contributed by atoms with van der Waals surface area (Å²) in [5.41, 5.74) is 3.12. The van der Waals surface area contributed by atoms with E-state index in [4.69, 9.17) is 0 Å². The minimum Gasteiger partial charge on any atom is -0.389 e. The van der Waals surface area contributed by atoms with Crippen LogP contribution in [0.4, 0.5) is 11.4 Å². The monoisotopic (exact) mass is 305 g/mol. The number of anilines is 2. The highest BCUT2D eigenvalue weighted by Crippen LogP contribution is 2.30. The molecule has 0 aliphatic heterocycles. The van der Waals surface area contributed by atoms with Gasteiger partial charge in [-0.3, -0.25) is 0 Å². The first-order valence-corrected chi connectivity index (χ1v) is 6.65. The van der Waals surface area contributed by atoms with Gasteiger partial charge in [0.05, 0.1) is 6.10 Å². The molecule has 0 unspecified atom stereocenters. The van der Waals surface area contributed by atoms with Crippen LogP contribution in [0, 0.1) is 0 Å². The third kappa shape index (κ3) is 2.74. The summed E-state index contributed by atoms with van der Waals surface area (Å²) < 4.78 is 0.929. The number of hydrogen-bond donors (Lipinski definition) is 1. The van der Waals surface area contributed by atoms with Crippen LogP contribution in [0.5, 0.6) is 0 Å². The Kier molecular flexibility index (Phi) is 4.04. The molecule has 0 radical (unpaired) electrons. The van der Waals surface area contributed by atoms with E-state index in [2.05, 4.69) is 33.0 Å². The second kappa shape index (κ2) is 5.55. The lowest BCUT2D eigenvalue weighted by Crippen LogP contribution is -2.09. The highest BCUT2D eigenvalue weighted by atomic mass is 79.9. The Bertz CT molecular complexity index is 525. The molecule has 94 valence electrons. The van der Waals surface area contributed by atoms with Crippen molar-refractivity contribution in [2.45, 2.75) is 13.0 Å². The first-order valence-electron chi connectivity index (χ1n) is 5.86. The fraction of sp³-hybridized carbons (Fsp3) is 0.200. The first-order chi connectivity index (χ1) is 8.59. The topological polar surface area (TPSA) is 23.5 Å². The molecule has 0 spiro atoms. The van der Waals surface area contributed by atoms with Crippen LogP contribution < -0.4 is 4.90 Å². The number of aliphatic hydroxyl groups excluding tert-OH is 1. The van der Waals surface area contributed by atoms with Gasteiger partial charge in [0.1, 0.15) is 0 Å². The van der Waals surface area contributed by atoms with Gasteiger partial charge in [-0.05, 0) is 36.8 Å². The molecule has 2 aromatic rings. The van der Waals surface area contributed by atoms with Crippen LogP contribution in [0.25, 0.3) is 0 Å². The van der Waals surface area contributed by atoms with Gasteiger partial charge >= 0.3 is 0 Å². The van der Waals surface area contributed by atoms with Gasteiger partial charge in [0.2, 0.25) is 0 Å². The zero-order chi connectivity index (χ0) is 13.1. The van der Waals surface area contributed by atoms with Crippen molar-refractivity contribution < 1.29 is 5.11 Å². The number of para-hydroxylation sites is 1. The van der Waals surface area contributed by atoms with E-state index in [1.165, 1.54) is 0 Å². The van der Waals surface area contributed by atoms with E-state index < -0.39 is 6.10 Å². The maximum Gasteiger partial charge on any atom is 0.0772 e. The lowest BCUT2D eigenvalue weighted by Gasteiger charge is -2.20. The summed E-state index contributed by atoms with van der Waals surface area (Å²) in [6.07, 6.45) is -0.463. The largest absolute Gasteiger partial charge is 0.389 e. The number of rotatable bonds is 3. The smallest absolute Gasteiger partial charge is 0.0772 e. The van der Waals surface area contributed by atoms with Gasteiger partial charge in [-0.15, -0.1) is 0 Å². The molecule has 0 aliphatic carbocycles. The maximum atomic E-state index is 9.61. The molecule has 0 aliphatic rings. The van der Waals surface area contributed by atoms with Gasteiger partial charge in [-0.25, -0.2) is 0 Å². The van der Waals surface area contributed by atoms with E-state index in [-0.39, 0.29) is 0 Å². The molecular formula is C15H16BrNO. The molecule has 0 fully saturated rings. The molecule has 1 atom stereocenters. The predicted molar refractivity (Wildman–Crippen MR) is 79.3 cm³/mol. The summed E-state index contributed by atoms with van der Waals surface area (Å²) >= 11 is 3.50. The summed E-state index contributed by atoms with van der Waals surface area (Å²) in [5, 5.41) is 9.61. The van der Waals surface area contributed by atoms with Gasteiger partial charge in [-0.1, -0.05) is 40.2 Å². The lowest BCUT2D eigenvalue weighted by atomic mass is 10.1. The highest BCUT2D eigenvalue weighted by Gasteiger charge is 2.09. The molecule has 0 saturated carbocycles. The number of halogens is 1. The quantitative estimate of drug-likeness (QED) is 0.915. The number of nitrogens with zero attached hydrogens (tertiary/aromatic N) is 1. The Morgan fingerprint density at radius 3 is 2.28 bits per heavy atom. The van der Waals surface area contributed by atoms with Crippen LogP contribution in [0.15, 0.2) is 53.0 Å². The van der Waals surface area contributed by atoms with Gasteiger partial charge in [0.15, 0.2) is 0 Å². The van der Waals surface area contributed by atoms with Crippen molar-refractivity contribution in [3.05, 3.63) is 58.6 Å². The molecule has 1 N–H and O–H groups in total. The fourth-order valence-electron chi connectivity index (χ4n) is 1.86. The zero-order valence-electron chi connectivity index (χ0n) is 10.5. The third-order valence-electron chi connectivity index (χ3n) is 2.96. The molecule has 2 nitrogen and oxygen atoms in total. The Balaban J connectivity index is 2.32. The van der Waals surface area contributed by atoms with Gasteiger partial charge < -0.3 is 10.0 Å². The normalized spacial score (nSPS) is 12.2. The van der Waals surface area contributed by atoms with Crippen molar-refractivity contribution in [2.75, 3.05) is 11.9 Å². The van der Waals surface area contributed by atoms with Crippen LogP contribution in [-0.2, 0) is 0 Å². The SMILES string of the molecule is C[C@H](O)c1ccc(N(C)c2ccccc2)cc1Br. The van der Waals surface area contributed by atoms with Crippen molar-refractivity contribution in [2.24, 2.45) is 0 Å². The Labute approximate surface area is 116 Å². The molecule has 0 bridgehead atoms. The second-order valence-electron chi connectivity index (χ2n) is 4.28. The lowest BCUT2D eigenvalue weighted by molar-refractivity contribution is 0.198. The first kappa shape index (κ1) is 13.1. The molecule has 2 aromatic carbocycles. The predicted octanol–water partition coefficient (Wildman–Crippen LogP) is 4.27. The average molecular weight is 306 g/mol. The zero-order valence-corrected chi connectivity index (χ0v) is 12.1. The molecule has 0 heterocycles. The highest BCUT2D eigenvalue weighted by molar-refractivity contribution is 9.10. The Morgan fingerprint density at radius 2 is 1.72 bits per heavy atom. The van der Waals surface area contributed by atoms with Crippen LogP contribution in [-0.4, -0.2) is 12.2 Å². The minimum atomic E-state index is -0.463. The van der Waals surface area contributed by atoms with Crippen molar-refractivity contribution >= 4 is 27.3 Å². The van der Waals surface area contributed by atoms with E-state index >= 15 is 0 Å². The fourth-order valence-corrected chi connectivity index (χ4v) is 2.56. The Morgan fingerprint density at radius 1 is 1.06 bits per heavy atom. The van der Waals surface area contributed by atoms with Crippen LogP contribution in [0.1, 0.15) is 18.6 Å². The molecule has 0 aromatic heterocycles. The number of hydrogen-bond acceptors (Lipinski definition) is 2. The van der Waals surface area contributed by atoms with Crippen molar-refractivity contribution in [1.82, 2.24) is 0 Å². The summed E-state index contributed by atoms with van der Waals surface area (Å²) in [7, 11) is 2.03. The maximum absolute atomic E-state index is 9.61. The third-order valence-corrected chi connectivity index (χ3v) is 3.65. The molecular weight excluding hydrogens is 290 g/mol. The van der Waals surface area contributed by atoms with Crippen LogP contribution >= 0.6 is 15.9 Å². The standard InChI is InChI=1S/C15H16BrNO/c1-11(18)14-9-8-13(10-15(14)16)17(2)12-6-4-3-5-7-12/h3-11,18H,1-2H3/t11-/m0/s1. The van der Waals surface area contributed by atoms with E-state index in [9.17, 15) is 5.11 Å². The van der Waals surface area contributed by atoms with Gasteiger partial charge in [-0.2, -0.15) is 0 Å².